The summed E-state index contributed by atoms with van der Waals surface area (Å²) in [7, 11) is 0. The molecule has 0 radical (unpaired) electrons. The summed E-state index contributed by atoms with van der Waals surface area (Å²) in [6.07, 6.45) is 60.6. The highest BCUT2D eigenvalue weighted by Gasteiger charge is 2.19. The van der Waals surface area contributed by atoms with E-state index in [1.165, 1.54) is 225 Å². The van der Waals surface area contributed by atoms with Crippen molar-refractivity contribution in [3.8, 4) is 0 Å². The van der Waals surface area contributed by atoms with Gasteiger partial charge in [0.1, 0.15) is 13.2 Å². The van der Waals surface area contributed by atoms with E-state index < -0.39 is 6.10 Å². The van der Waals surface area contributed by atoms with Crippen LogP contribution < -0.4 is 0 Å². The third-order valence-electron chi connectivity index (χ3n) is 13.0. The van der Waals surface area contributed by atoms with Crippen molar-refractivity contribution < 1.29 is 28.6 Å². The van der Waals surface area contributed by atoms with Crippen LogP contribution in [0.4, 0.5) is 0 Å². The molecular weight excluding hydrogens is 793 g/mol. The summed E-state index contributed by atoms with van der Waals surface area (Å²) in [6, 6.07) is 0. The van der Waals surface area contributed by atoms with Crippen molar-refractivity contribution in [1.29, 1.82) is 0 Å². The van der Waals surface area contributed by atoms with Crippen molar-refractivity contribution >= 4 is 17.9 Å². The summed E-state index contributed by atoms with van der Waals surface area (Å²) in [5.74, 6) is -0.843. The molecule has 0 aromatic rings. The molecule has 0 aliphatic carbocycles. The van der Waals surface area contributed by atoms with E-state index >= 15 is 0 Å². The van der Waals surface area contributed by atoms with Crippen LogP contribution in [0.15, 0.2) is 12.2 Å². The van der Waals surface area contributed by atoms with E-state index in [4.69, 9.17) is 14.2 Å². The van der Waals surface area contributed by atoms with Gasteiger partial charge in [-0.15, -0.1) is 0 Å². The van der Waals surface area contributed by atoms with E-state index in [1.54, 1.807) is 0 Å². The standard InChI is InChI=1S/C58H110O6/c1-4-7-10-13-16-19-22-25-26-27-28-29-30-31-32-34-37-39-42-45-48-51-57(60)63-54-55(64-58(61)52-49-46-43-40-35-24-21-18-15-12-9-6-3)53-62-56(59)50-47-44-41-38-36-33-23-20-17-14-11-8-5-2/h25-26,55H,4-24,27-54H2,1-3H3/b26-25-/t55-/m0/s1. The maximum atomic E-state index is 12.8. The average molecular weight is 904 g/mol. The Hall–Kier alpha value is -1.85. The summed E-state index contributed by atoms with van der Waals surface area (Å²) in [4.78, 5) is 38.1. The molecule has 6 heteroatoms. The Labute approximate surface area is 399 Å². The molecule has 0 unspecified atom stereocenters. The first-order valence-electron chi connectivity index (χ1n) is 28.7. The van der Waals surface area contributed by atoms with Crippen molar-refractivity contribution in [2.24, 2.45) is 0 Å². The molecule has 0 heterocycles. The van der Waals surface area contributed by atoms with E-state index in [2.05, 4.69) is 32.9 Å². The van der Waals surface area contributed by atoms with Gasteiger partial charge in [-0.25, -0.2) is 0 Å². The van der Waals surface area contributed by atoms with Crippen LogP contribution in [0, 0.1) is 0 Å². The zero-order chi connectivity index (χ0) is 46.5. The number of unbranched alkanes of at least 4 members (excludes halogenated alkanes) is 40. The minimum Gasteiger partial charge on any atom is -0.462 e. The van der Waals surface area contributed by atoms with Gasteiger partial charge in [-0.3, -0.25) is 14.4 Å². The van der Waals surface area contributed by atoms with Gasteiger partial charge >= 0.3 is 17.9 Å². The van der Waals surface area contributed by atoms with Gasteiger partial charge in [-0.2, -0.15) is 0 Å². The van der Waals surface area contributed by atoms with Crippen molar-refractivity contribution in [2.75, 3.05) is 13.2 Å². The predicted molar refractivity (Wildman–Crippen MR) is 275 cm³/mol. The monoisotopic (exact) mass is 903 g/mol. The van der Waals surface area contributed by atoms with Crippen LogP contribution in [0.3, 0.4) is 0 Å². The highest BCUT2D eigenvalue weighted by molar-refractivity contribution is 5.71. The Morgan fingerprint density at radius 3 is 0.781 bits per heavy atom. The number of allylic oxidation sites excluding steroid dienone is 2. The lowest BCUT2D eigenvalue weighted by atomic mass is 10.0. The molecule has 0 rings (SSSR count). The molecule has 0 N–H and O–H groups in total. The van der Waals surface area contributed by atoms with Gasteiger partial charge < -0.3 is 14.2 Å². The Balaban J connectivity index is 4.23. The molecule has 0 fully saturated rings. The van der Waals surface area contributed by atoms with Crippen molar-refractivity contribution in [3.63, 3.8) is 0 Å². The van der Waals surface area contributed by atoms with E-state index in [1.807, 2.05) is 0 Å². The molecule has 0 aromatic carbocycles. The third-order valence-corrected chi connectivity index (χ3v) is 13.0. The zero-order valence-electron chi connectivity index (χ0n) is 43.3. The maximum absolute atomic E-state index is 12.8. The van der Waals surface area contributed by atoms with Crippen LogP contribution in [-0.4, -0.2) is 37.2 Å². The highest BCUT2D eigenvalue weighted by Crippen LogP contribution is 2.17. The summed E-state index contributed by atoms with van der Waals surface area (Å²) < 4.78 is 16.9. The molecule has 6 nitrogen and oxygen atoms in total. The van der Waals surface area contributed by atoms with Crippen LogP contribution in [0.1, 0.15) is 323 Å². The van der Waals surface area contributed by atoms with Gasteiger partial charge in [0.15, 0.2) is 6.10 Å². The first-order valence-corrected chi connectivity index (χ1v) is 28.7. The predicted octanol–water partition coefficient (Wildman–Crippen LogP) is 18.9. The molecule has 378 valence electrons. The zero-order valence-corrected chi connectivity index (χ0v) is 43.3. The Kier molecular flexibility index (Phi) is 52.2. The largest absolute Gasteiger partial charge is 0.462 e. The van der Waals surface area contributed by atoms with Gasteiger partial charge in [0.25, 0.3) is 0 Å². The van der Waals surface area contributed by atoms with Gasteiger partial charge in [-0.1, -0.05) is 270 Å². The smallest absolute Gasteiger partial charge is 0.306 e. The molecule has 64 heavy (non-hydrogen) atoms. The average Bonchev–Trinajstić information content (AvgIpc) is 3.29. The number of rotatable bonds is 53. The van der Waals surface area contributed by atoms with Gasteiger partial charge in [0.05, 0.1) is 0 Å². The molecule has 0 saturated heterocycles. The Bertz CT molecular complexity index is 993. The van der Waals surface area contributed by atoms with Gasteiger partial charge in [-0.05, 0) is 44.9 Å². The number of carbonyl (C=O) groups excluding carboxylic acids is 3. The second-order valence-electron chi connectivity index (χ2n) is 19.6. The second kappa shape index (κ2) is 53.8. The number of hydrogen-bond acceptors (Lipinski definition) is 6. The fourth-order valence-electron chi connectivity index (χ4n) is 8.68. The van der Waals surface area contributed by atoms with Crippen molar-refractivity contribution in [3.05, 3.63) is 12.2 Å². The van der Waals surface area contributed by atoms with Crippen molar-refractivity contribution in [1.82, 2.24) is 0 Å². The number of ether oxygens (including phenoxy) is 3. The lowest BCUT2D eigenvalue weighted by molar-refractivity contribution is -0.167. The number of esters is 3. The lowest BCUT2D eigenvalue weighted by Crippen LogP contribution is -2.30. The minimum absolute atomic E-state index is 0.0640. The normalized spacial score (nSPS) is 12.0. The maximum Gasteiger partial charge on any atom is 0.306 e. The van der Waals surface area contributed by atoms with Crippen LogP contribution >= 0.6 is 0 Å². The molecule has 0 saturated carbocycles. The molecule has 1 atom stereocenters. The number of hydrogen-bond donors (Lipinski definition) is 0. The van der Waals surface area contributed by atoms with Gasteiger partial charge in [0.2, 0.25) is 0 Å². The second-order valence-corrected chi connectivity index (χ2v) is 19.6. The first kappa shape index (κ1) is 62.1. The van der Waals surface area contributed by atoms with E-state index in [9.17, 15) is 14.4 Å². The van der Waals surface area contributed by atoms with Crippen molar-refractivity contribution in [2.45, 2.75) is 329 Å². The Morgan fingerprint density at radius 1 is 0.297 bits per heavy atom. The highest BCUT2D eigenvalue weighted by atomic mass is 16.6. The van der Waals surface area contributed by atoms with Crippen LogP contribution in [-0.2, 0) is 28.6 Å². The minimum atomic E-state index is -0.763. The summed E-state index contributed by atoms with van der Waals surface area (Å²) >= 11 is 0. The summed E-state index contributed by atoms with van der Waals surface area (Å²) in [5, 5.41) is 0. The molecular formula is C58H110O6. The molecule has 0 aromatic heterocycles. The van der Waals surface area contributed by atoms with E-state index in [-0.39, 0.29) is 31.1 Å². The molecule has 0 aliphatic heterocycles. The molecule has 0 aliphatic rings. The topological polar surface area (TPSA) is 78.9 Å². The fourth-order valence-corrected chi connectivity index (χ4v) is 8.68. The van der Waals surface area contributed by atoms with Crippen LogP contribution in [0.2, 0.25) is 0 Å². The van der Waals surface area contributed by atoms with E-state index in [0.717, 1.165) is 57.8 Å². The summed E-state index contributed by atoms with van der Waals surface area (Å²) in [5.41, 5.74) is 0. The van der Waals surface area contributed by atoms with Gasteiger partial charge in [0, 0.05) is 19.3 Å². The first-order chi connectivity index (χ1) is 31.5. The number of carbonyl (C=O) groups is 3. The SMILES string of the molecule is CCCCCCCC/C=C\CCCCCCCCCCCCCC(=O)OC[C@H](COC(=O)CCCCCCCCCCCCCCC)OC(=O)CCCCCCCCCCCCCC. The quantitative estimate of drug-likeness (QED) is 0.0262. The fraction of sp³-hybridized carbons (Fsp3) is 0.914. The molecule has 0 bridgehead atoms. The van der Waals surface area contributed by atoms with Crippen LogP contribution in [0.5, 0.6) is 0 Å². The summed E-state index contributed by atoms with van der Waals surface area (Å²) in [6.45, 7) is 6.68. The Morgan fingerprint density at radius 2 is 0.516 bits per heavy atom. The van der Waals surface area contributed by atoms with E-state index in [0.29, 0.717) is 19.3 Å². The lowest BCUT2D eigenvalue weighted by Gasteiger charge is -2.18. The molecule has 0 spiro atoms. The molecule has 0 amide bonds. The third kappa shape index (κ3) is 51.1. The van der Waals surface area contributed by atoms with Crippen LogP contribution in [0.25, 0.3) is 0 Å².